The number of alkyl halides is 3. The fraction of sp³-hybridized carbons (Fsp3) is 0.143. The number of nitrogens with zero attached hydrogens (tertiary/aromatic N) is 1. The summed E-state index contributed by atoms with van der Waals surface area (Å²) in [6.07, 6.45) is -4.73. The van der Waals surface area contributed by atoms with E-state index in [0.717, 1.165) is 24.3 Å². The second-order valence-electron chi connectivity index (χ2n) is 4.42. The van der Waals surface area contributed by atoms with E-state index < -0.39 is 23.2 Å². The molecule has 0 aliphatic heterocycles. The Morgan fingerprint density at radius 3 is 2.59 bits per heavy atom. The first-order valence-corrected chi connectivity index (χ1v) is 6.03. The van der Waals surface area contributed by atoms with E-state index in [0.29, 0.717) is 5.56 Å². The van der Waals surface area contributed by atoms with E-state index in [-0.39, 0.29) is 17.8 Å². The first kappa shape index (κ1) is 15.6. The van der Waals surface area contributed by atoms with Crippen LogP contribution in [-0.2, 0) is 12.7 Å². The van der Waals surface area contributed by atoms with Crippen molar-refractivity contribution in [3.05, 3.63) is 63.3 Å². The van der Waals surface area contributed by atoms with Crippen LogP contribution in [0.4, 0.5) is 23.2 Å². The van der Waals surface area contributed by atoms with Crippen molar-refractivity contribution in [3.63, 3.8) is 0 Å². The Morgan fingerprint density at radius 1 is 1.23 bits per heavy atom. The maximum absolute atomic E-state index is 13.3. The first-order valence-electron chi connectivity index (χ1n) is 6.03. The molecule has 0 amide bonds. The maximum atomic E-state index is 13.3. The number of hydrogen-bond donors (Lipinski definition) is 2. The molecule has 8 heteroatoms. The number of nitriles is 1. The van der Waals surface area contributed by atoms with Gasteiger partial charge in [-0.25, -0.2) is 4.39 Å². The summed E-state index contributed by atoms with van der Waals surface area (Å²) in [6.45, 7) is -0.137. The van der Waals surface area contributed by atoms with Crippen LogP contribution in [0.2, 0.25) is 0 Å². The van der Waals surface area contributed by atoms with Crippen LogP contribution in [0.5, 0.6) is 0 Å². The summed E-state index contributed by atoms with van der Waals surface area (Å²) < 4.78 is 51.7. The number of aromatic amines is 1. The maximum Gasteiger partial charge on any atom is 0.433 e. The predicted octanol–water partition coefficient (Wildman–Crippen LogP) is 3.02. The molecule has 4 nitrogen and oxygen atoms in total. The number of nitrogens with one attached hydrogen (secondary N) is 2. The summed E-state index contributed by atoms with van der Waals surface area (Å²) in [4.78, 5) is 12.7. The van der Waals surface area contributed by atoms with Crippen LogP contribution < -0.4 is 10.9 Å². The molecule has 0 saturated carbocycles. The summed E-state index contributed by atoms with van der Waals surface area (Å²) in [7, 11) is 0. The molecule has 0 aliphatic carbocycles. The summed E-state index contributed by atoms with van der Waals surface area (Å²) in [5.41, 5.74) is -2.06. The lowest BCUT2D eigenvalue weighted by atomic mass is 10.1. The minimum absolute atomic E-state index is 0.0642. The molecular weight excluding hydrogens is 302 g/mol. The van der Waals surface area contributed by atoms with Gasteiger partial charge in [0.25, 0.3) is 0 Å². The molecule has 0 radical (unpaired) electrons. The van der Waals surface area contributed by atoms with Crippen LogP contribution in [0, 0.1) is 17.1 Å². The van der Waals surface area contributed by atoms with E-state index in [1.54, 1.807) is 11.1 Å². The van der Waals surface area contributed by atoms with E-state index in [1.165, 1.54) is 6.07 Å². The number of pyridine rings is 1. The second-order valence-corrected chi connectivity index (χ2v) is 4.42. The molecule has 0 spiro atoms. The Labute approximate surface area is 122 Å². The standard InChI is InChI=1S/C14H9F4N3O/c15-10-4-8(6-19)3-9(5-10)7-20-11-1-2-12(22)21-13(11)14(16,17)18/h1-5,20H,7H2,(H,21,22). The Hall–Kier alpha value is -2.82. The van der Waals surface area contributed by atoms with Gasteiger partial charge in [0.2, 0.25) is 5.56 Å². The topological polar surface area (TPSA) is 68.7 Å². The third-order valence-corrected chi connectivity index (χ3v) is 2.77. The Morgan fingerprint density at radius 2 is 1.95 bits per heavy atom. The van der Waals surface area contributed by atoms with Crippen LogP contribution in [0.15, 0.2) is 35.1 Å². The van der Waals surface area contributed by atoms with Crippen molar-refractivity contribution < 1.29 is 17.6 Å². The molecule has 0 unspecified atom stereocenters. The fourth-order valence-corrected chi connectivity index (χ4v) is 1.86. The molecule has 2 aromatic rings. The summed E-state index contributed by atoms with van der Waals surface area (Å²) in [5.74, 6) is -0.659. The number of rotatable bonds is 3. The Bertz CT molecular complexity index is 790. The SMILES string of the molecule is N#Cc1cc(F)cc(CNc2ccc(=O)[nH]c2C(F)(F)F)c1. The summed E-state index contributed by atoms with van der Waals surface area (Å²) in [5, 5.41) is 11.2. The molecule has 0 bridgehead atoms. The van der Waals surface area contributed by atoms with Crippen LogP contribution in [0.25, 0.3) is 0 Å². The van der Waals surface area contributed by atoms with Crippen molar-refractivity contribution in [2.75, 3.05) is 5.32 Å². The minimum atomic E-state index is -4.73. The summed E-state index contributed by atoms with van der Waals surface area (Å²) in [6, 6.07) is 7.17. The third kappa shape index (κ3) is 3.63. The molecule has 0 atom stereocenters. The van der Waals surface area contributed by atoms with Gasteiger partial charge < -0.3 is 10.3 Å². The van der Waals surface area contributed by atoms with Crippen LogP contribution >= 0.6 is 0 Å². The molecule has 114 valence electrons. The van der Waals surface area contributed by atoms with Gasteiger partial charge >= 0.3 is 6.18 Å². The van der Waals surface area contributed by atoms with Gasteiger partial charge in [0.05, 0.1) is 17.3 Å². The number of halogens is 4. The van der Waals surface area contributed by atoms with Gasteiger partial charge in [0, 0.05) is 12.6 Å². The predicted molar refractivity (Wildman–Crippen MR) is 70.5 cm³/mol. The number of anilines is 1. The van der Waals surface area contributed by atoms with Crippen LogP contribution in [-0.4, -0.2) is 4.98 Å². The quantitative estimate of drug-likeness (QED) is 0.856. The lowest BCUT2D eigenvalue weighted by molar-refractivity contribution is -0.140. The van der Waals surface area contributed by atoms with Crippen LogP contribution in [0.3, 0.4) is 0 Å². The molecule has 0 saturated heterocycles. The monoisotopic (exact) mass is 311 g/mol. The lowest BCUT2D eigenvalue weighted by Crippen LogP contribution is -2.18. The normalized spacial score (nSPS) is 11.0. The number of benzene rings is 1. The van der Waals surface area contributed by atoms with Gasteiger partial charge in [-0.05, 0) is 29.8 Å². The first-order chi connectivity index (χ1) is 10.3. The van der Waals surface area contributed by atoms with Gasteiger partial charge in [-0.15, -0.1) is 0 Å². The van der Waals surface area contributed by atoms with Gasteiger partial charge in [0.1, 0.15) is 11.5 Å². The third-order valence-electron chi connectivity index (χ3n) is 2.77. The van der Waals surface area contributed by atoms with Crippen molar-refractivity contribution in [1.82, 2.24) is 4.98 Å². The van der Waals surface area contributed by atoms with E-state index in [1.807, 2.05) is 0 Å². The zero-order valence-corrected chi connectivity index (χ0v) is 11.0. The van der Waals surface area contributed by atoms with Crippen LogP contribution in [0.1, 0.15) is 16.8 Å². The molecule has 1 aromatic heterocycles. The largest absolute Gasteiger partial charge is 0.433 e. The van der Waals surface area contributed by atoms with E-state index >= 15 is 0 Å². The van der Waals surface area contributed by atoms with Crippen molar-refractivity contribution in [2.24, 2.45) is 0 Å². The Balaban J connectivity index is 2.28. The molecule has 22 heavy (non-hydrogen) atoms. The molecule has 1 aromatic carbocycles. The smallest absolute Gasteiger partial charge is 0.379 e. The van der Waals surface area contributed by atoms with E-state index in [9.17, 15) is 22.4 Å². The zero-order chi connectivity index (χ0) is 16.3. The fourth-order valence-electron chi connectivity index (χ4n) is 1.86. The molecule has 1 heterocycles. The number of aromatic nitrogens is 1. The second kappa shape index (κ2) is 5.89. The Kier molecular flexibility index (Phi) is 4.17. The molecule has 2 N–H and O–H groups in total. The average molecular weight is 311 g/mol. The summed E-state index contributed by atoms with van der Waals surface area (Å²) >= 11 is 0. The lowest BCUT2D eigenvalue weighted by Gasteiger charge is -2.14. The number of H-pyrrole nitrogens is 1. The van der Waals surface area contributed by atoms with Gasteiger partial charge in [-0.2, -0.15) is 18.4 Å². The highest BCUT2D eigenvalue weighted by Crippen LogP contribution is 2.32. The van der Waals surface area contributed by atoms with E-state index in [2.05, 4.69) is 5.32 Å². The highest BCUT2D eigenvalue weighted by atomic mass is 19.4. The van der Waals surface area contributed by atoms with Crippen molar-refractivity contribution >= 4 is 5.69 Å². The average Bonchev–Trinajstić information content (AvgIpc) is 2.44. The molecule has 0 aliphatic rings. The highest BCUT2D eigenvalue weighted by Gasteiger charge is 2.34. The molecule has 2 rings (SSSR count). The van der Waals surface area contributed by atoms with Gasteiger partial charge in [-0.3, -0.25) is 4.79 Å². The van der Waals surface area contributed by atoms with Crippen molar-refractivity contribution in [2.45, 2.75) is 12.7 Å². The minimum Gasteiger partial charge on any atom is -0.379 e. The van der Waals surface area contributed by atoms with Crippen molar-refractivity contribution in [3.8, 4) is 6.07 Å². The molecule has 0 fully saturated rings. The highest BCUT2D eigenvalue weighted by molar-refractivity contribution is 5.49. The molecular formula is C14H9F4N3O. The van der Waals surface area contributed by atoms with Gasteiger partial charge in [-0.1, -0.05) is 0 Å². The van der Waals surface area contributed by atoms with E-state index in [4.69, 9.17) is 5.26 Å². The van der Waals surface area contributed by atoms with Gasteiger partial charge in [0.15, 0.2) is 0 Å². The number of hydrogen-bond acceptors (Lipinski definition) is 3. The van der Waals surface area contributed by atoms with Crippen molar-refractivity contribution in [1.29, 1.82) is 5.26 Å². The zero-order valence-electron chi connectivity index (χ0n) is 11.0.